The van der Waals surface area contributed by atoms with Crippen LogP contribution in [0.1, 0.15) is 39.3 Å². The van der Waals surface area contributed by atoms with Crippen molar-refractivity contribution in [3.8, 4) is 0 Å². The van der Waals surface area contributed by atoms with E-state index in [1.54, 1.807) is 7.11 Å². The number of methoxy groups -OCH3 is 1. The lowest BCUT2D eigenvalue weighted by atomic mass is 10.2. The summed E-state index contributed by atoms with van der Waals surface area (Å²) in [5, 5.41) is 4.08. The number of nitrogens with one attached hydrogen (secondary N) is 1. The van der Waals surface area contributed by atoms with E-state index in [2.05, 4.69) is 31.0 Å². The molecule has 1 unspecified atom stereocenters. The third kappa shape index (κ3) is 5.81. The van der Waals surface area contributed by atoms with Crippen LogP contribution in [0.25, 0.3) is 0 Å². The van der Waals surface area contributed by atoms with Crippen LogP contribution in [0.3, 0.4) is 0 Å². The molecule has 4 nitrogen and oxygen atoms in total. The van der Waals surface area contributed by atoms with Gasteiger partial charge in [0.1, 0.15) is 5.82 Å². The van der Waals surface area contributed by atoms with E-state index < -0.39 is 0 Å². The Hall–Kier alpha value is -0.840. The summed E-state index contributed by atoms with van der Waals surface area (Å²) in [5.41, 5.74) is 0.910. The first-order valence-electron chi connectivity index (χ1n) is 7.75. The number of aromatic nitrogens is 1. The molecule has 0 aliphatic rings. The Balaban J connectivity index is 2.89. The molecule has 120 valence electrons. The molecule has 0 fully saturated rings. The minimum atomic E-state index is 0.422. The summed E-state index contributed by atoms with van der Waals surface area (Å²) < 4.78 is 5.21. The molecule has 0 saturated carbocycles. The summed E-state index contributed by atoms with van der Waals surface area (Å²) in [6, 6.07) is 4.35. The average Bonchev–Trinajstić information content (AvgIpc) is 2.50. The van der Waals surface area contributed by atoms with Crippen molar-refractivity contribution < 1.29 is 4.74 Å². The predicted molar refractivity (Wildman–Crippen MR) is 90.2 cm³/mol. The summed E-state index contributed by atoms with van der Waals surface area (Å²) >= 11 is 6.25. The maximum atomic E-state index is 6.25. The number of hydrogen-bond donors (Lipinski definition) is 1. The lowest BCUT2D eigenvalue weighted by Crippen LogP contribution is -2.36. The van der Waals surface area contributed by atoms with Gasteiger partial charge in [0.05, 0.1) is 17.3 Å². The molecule has 1 aromatic heterocycles. The van der Waals surface area contributed by atoms with Crippen molar-refractivity contribution in [3.05, 3.63) is 22.8 Å². The normalized spacial score (nSPS) is 12.4. The number of pyridine rings is 1. The highest BCUT2D eigenvalue weighted by molar-refractivity contribution is 6.31. The summed E-state index contributed by atoms with van der Waals surface area (Å²) in [4.78, 5) is 7.02. The van der Waals surface area contributed by atoms with Gasteiger partial charge in [0, 0.05) is 26.2 Å². The van der Waals surface area contributed by atoms with Crippen molar-refractivity contribution in [2.75, 3.05) is 31.7 Å². The minimum Gasteiger partial charge on any atom is -0.383 e. The maximum Gasteiger partial charge on any atom is 0.129 e. The topological polar surface area (TPSA) is 37.4 Å². The number of halogens is 1. The molecule has 1 rings (SSSR count). The highest BCUT2D eigenvalue weighted by Gasteiger charge is 2.15. The third-order valence-corrected chi connectivity index (χ3v) is 3.92. The predicted octanol–water partition coefficient (Wildman–Crippen LogP) is 3.49. The van der Waals surface area contributed by atoms with Crippen molar-refractivity contribution in [1.29, 1.82) is 0 Å². The first-order valence-corrected chi connectivity index (χ1v) is 8.13. The van der Waals surface area contributed by atoms with E-state index in [0.717, 1.165) is 42.5 Å². The van der Waals surface area contributed by atoms with E-state index in [1.165, 1.54) is 0 Å². The van der Waals surface area contributed by atoms with E-state index in [-0.39, 0.29) is 0 Å². The zero-order valence-electron chi connectivity index (χ0n) is 13.7. The number of rotatable bonds is 10. The molecular formula is C16H28ClN3O. The van der Waals surface area contributed by atoms with Crippen LogP contribution >= 0.6 is 11.6 Å². The fourth-order valence-electron chi connectivity index (χ4n) is 2.11. The lowest BCUT2D eigenvalue weighted by Gasteiger charge is -2.30. The van der Waals surface area contributed by atoms with E-state index in [1.807, 2.05) is 12.1 Å². The van der Waals surface area contributed by atoms with Crippen molar-refractivity contribution in [2.45, 2.75) is 46.2 Å². The van der Waals surface area contributed by atoms with E-state index in [0.29, 0.717) is 19.2 Å². The Morgan fingerprint density at radius 2 is 2.14 bits per heavy atom. The molecular weight excluding hydrogens is 286 g/mol. The molecule has 1 aromatic rings. The molecule has 0 bridgehead atoms. The van der Waals surface area contributed by atoms with E-state index >= 15 is 0 Å². The van der Waals surface area contributed by atoms with Crippen LogP contribution in [0.5, 0.6) is 0 Å². The van der Waals surface area contributed by atoms with Crippen molar-refractivity contribution in [3.63, 3.8) is 0 Å². The largest absolute Gasteiger partial charge is 0.383 e. The second-order valence-corrected chi connectivity index (χ2v) is 5.63. The molecule has 5 heteroatoms. The van der Waals surface area contributed by atoms with Gasteiger partial charge < -0.3 is 15.0 Å². The Bertz CT molecular complexity index is 415. The standard InChI is InChI=1S/C16H28ClN3O/c1-5-9-18-12-15-14(17)7-8-16(19-15)20(10-11-21-4)13(3)6-2/h7-8,13,18H,5-6,9-12H2,1-4H3. The molecule has 21 heavy (non-hydrogen) atoms. The summed E-state index contributed by atoms with van der Waals surface area (Å²) in [6.07, 6.45) is 2.17. The Morgan fingerprint density at radius 3 is 2.76 bits per heavy atom. The molecule has 0 radical (unpaired) electrons. The zero-order valence-corrected chi connectivity index (χ0v) is 14.4. The molecule has 0 spiro atoms. The first-order chi connectivity index (χ1) is 10.1. The molecule has 0 amide bonds. The number of ether oxygens (including phenoxy) is 1. The van der Waals surface area contributed by atoms with Crippen LogP contribution in [-0.2, 0) is 11.3 Å². The quantitative estimate of drug-likeness (QED) is 0.671. The Labute approximate surface area is 133 Å². The summed E-state index contributed by atoms with van der Waals surface area (Å²) in [7, 11) is 1.73. The number of hydrogen-bond acceptors (Lipinski definition) is 4. The van der Waals surface area contributed by atoms with Crippen molar-refractivity contribution in [2.24, 2.45) is 0 Å². The maximum absolute atomic E-state index is 6.25. The van der Waals surface area contributed by atoms with Gasteiger partial charge in [-0.15, -0.1) is 0 Å². The van der Waals surface area contributed by atoms with Crippen LogP contribution < -0.4 is 10.2 Å². The van der Waals surface area contributed by atoms with Gasteiger partial charge >= 0.3 is 0 Å². The smallest absolute Gasteiger partial charge is 0.129 e. The van der Waals surface area contributed by atoms with E-state index in [9.17, 15) is 0 Å². The monoisotopic (exact) mass is 313 g/mol. The van der Waals surface area contributed by atoms with Gasteiger partial charge in [-0.2, -0.15) is 0 Å². The SMILES string of the molecule is CCCNCc1nc(N(CCOC)C(C)CC)ccc1Cl. The van der Waals surface area contributed by atoms with Gasteiger partial charge in [0.25, 0.3) is 0 Å². The van der Waals surface area contributed by atoms with Crippen molar-refractivity contribution in [1.82, 2.24) is 10.3 Å². The summed E-state index contributed by atoms with van der Waals surface area (Å²) in [5.74, 6) is 0.971. The van der Waals surface area contributed by atoms with E-state index in [4.69, 9.17) is 21.3 Å². The zero-order chi connectivity index (χ0) is 15.7. The Kier molecular flexibility index (Phi) is 8.66. The fraction of sp³-hybridized carbons (Fsp3) is 0.688. The van der Waals surface area contributed by atoms with Crippen LogP contribution in [0, 0.1) is 0 Å². The second kappa shape index (κ2) is 9.98. The molecule has 0 aromatic carbocycles. The van der Waals surface area contributed by atoms with Gasteiger partial charge in [0.2, 0.25) is 0 Å². The van der Waals surface area contributed by atoms with Gasteiger partial charge in [-0.25, -0.2) is 4.98 Å². The van der Waals surface area contributed by atoms with Gasteiger partial charge in [0.15, 0.2) is 0 Å². The minimum absolute atomic E-state index is 0.422. The van der Waals surface area contributed by atoms with Gasteiger partial charge in [-0.3, -0.25) is 0 Å². The average molecular weight is 314 g/mol. The Morgan fingerprint density at radius 1 is 1.38 bits per heavy atom. The molecule has 0 aliphatic carbocycles. The highest BCUT2D eigenvalue weighted by Crippen LogP contribution is 2.21. The fourth-order valence-corrected chi connectivity index (χ4v) is 2.28. The number of nitrogens with zero attached hydrogens (tertiary/aromatic N) is 2. The van der Waals surface area contributed by atoms with Crippen LogP contribution in [0.15, 0.2) is 12.1 Å². The number of anilines is 1. The molecule has 1 heterocycles. The highest BCUT2D eigenvalue weighted by atomic mass is 35.5. The van der Waals surface area contributed by atoms with Crippen molar-refractivity contribution >= 4 is 17.4 Å². The van der Waals surface area contributed by atoms with Crippen LogP contribution in [0.2, 0.25) is 5.02 Å². The molecule has 0 saturated heterocycles. The summed E-state index contributed by atoms with van der Waals surface area (Å²) in [6.45, 7) is 9.75. The second-order valence-electron chi connectivity index (χ2n) is 5.22. The van der Waals surface area contributed by atoms with Gasteiger partial charge in [-0.1, -0.05) is 25.4 Å². The first kappa shape index (κ1) is 18.2. The molecule has 0 aliphatic heterocycles. The lowest BCUT2D eigenvalue weighted by molar-refractivity contribution is 0.203. The van der Waals surface area contributed by atoms with Crippen LogP contribution in [-0.4, -0.2) is 37.8 Å². The third-order valence-electron chi connectivity index (χ3n) is 3.58. The van der Waals surface area contributed by atoms with Crippen LogP contribution in [0.4, 0.5) is 5.82 Å². The molecule has 1 atom stereocenters. The molecule has 1 N–H and O–H groups in total. The van der Waals surface area contributed by atoms with Gasteiger partial charge in [-0.05, 0) is 38.4 Å².